The maximum Gasteiger partial charge on any atom is 0.271 e. The van der Waals surface area contributed by atoms with Gasteiger partial charge in [0.05, 0.1) is 26.2 Å². The summed E-state index contributed by atoms with van der Waals surface area (Å²) in [7, 11) is 0. The van der Waals surface area contributed by atoms with Gasteiger partial charge in [-0.1, -0.05) is 24.3 Å². The number of anilines is 1. The maximum atomic E-state index is 10.9. The number of hydrogen-bond acceptors (Lipinski definition) is 6. The molecule has 0 aliphatic heterocycles. The lowest BCUT2D eigenvalue weighted by atomic mass is 10.1. The number of nitro benzene ring substituents is 1. The Morgan fingerprint density at radius 3 is 2.33 bits per heavy atom. The van der Waals surface area contributed by atoms with Crippen molar-refractivity contribution in [1.82, 2.24) is 0 Å². The Balaban J connectivity index is 2.01. The molecule has 138 valence electrons. The van der Waals surface area contributed by atoms with E-state index < -0.39 is 4.92 Å². The molecule has 0 aliphatic carbocycles. The average Bonchev–Trinajstić information content (AvgIpc) is 2.66. The quantitative estimate of drug-likeness (QED) is 0.246. The molecule has 9 heteroatoms. The van der Waals surface area contributed by atoms with Crippen molar-refractivity contribution in [3.8, 4) is 0 Å². The zero-order valence-corrected chi connectivity index (χ0v) is 17.1. The van der Waals surface area contributed by atoms with Crippen molar-refractivity contribution < 1.29 is 10.0 Å². The molecule has 3 aromatic rings. The number of nitro groups is 1. The minimum atomic E-state index is -0.470. The number of non-ortho nitro benzene ring substituents is 1. The molecule has 0 amide bonds. The number of benzene rings is 3. The van der Waals surface area contributed by atoms with Crippen LogP contribution in [0.2, 0.25) is 0 Å². The van der Waals surface area contributed by atoms with Crippen LogP contribution in [-0.2, 0) is 0 Å². The SMILES string of the molecule is O=[N+]([O-])c1cc(Br)c(N=Nc2ccc(NCCO)c3ccccc23)c(Br)c1. The average molecular weight is 494 g/mol. The van der Waals surface area contributed by atoms with Crippen molar-refractivity contribution in [2.24, 2.45) is 10.2 Å². The van der Waals surface area contributed by atoms with Gasteiger partial charge in [-0.3, -0.25) is 10.1 Å². The first-order valence-corrected chi connectivity index (χ1v) is 9.51. The predicted octanol–water partition coefficient (Wildman–Crippen LogP) is 6.09. The van der Waals surface area contributed by atoms with Gasteiger partial charge in [0.1, 0.15) is 5.69 Å². The van der Waals surface area contributed by atoms with Crippen LogP contribution in [0.4, 0.5) is 22.7 Å². The standard InChI is InChI=1S/C18H14Br2N4O3/c19-14-9-11(24(26)27)10-15(20)18(14)23-22-17-6-5-16(21-7-8-25)12-3-1-2-4-13(12)17/h1-6,9-10,21,25H,7-8H2. The molecule has 0 bridgehead atoms. The first kappa shape index (κ1) is 19.4. The van der Waals surface area contributed by atoms with Gasteiger partial charge in [0.25, 0.3) is 5.69 Å². The summed E-state index contributed by atoms with van der Waals surface area (Å²) in [5.41, 5.74) is 1.98. The Bertz CT molecular complexity index is 1020. The third kappa shape index (κ3) is 4.32. The summed E-state index contributed by atoms with van der Waals surface area (Å²) in [5.74, 6) is 0. The highest BCUT2D eigenvalue weighted by Crippen LogP contribution is 2.39. The summed E-state index contributed by atoms with van der Waals surface area (Å²) in [4.78, 5) is 10.5. The summed E-state index contributed by atoms with van der Waals surface area (Å²) >= 11 is 6.62. The number of rotatable bonds is 6. The van der Waals surface area contributed by atoms with Crippen LogP contribution in [0.15, 0.2) is 67.7 Å². The summed E-state index contributed by atoms with van der Waals surface area (Å²) < 4.78 is 0.940. The van der Waals surface area contributed by atoms with Crippen LogP contribution in [0, 0.1) is 10.1 Å². The summed E-state index contributed by atoms with van der Waals surface area (Å²) in [6.45, 7) is 0.492. The van der Waals surface area contributed by atoms with Crippen LogP contribution in [0.3, 0.4) is 0 Å². The van der Waals surface area contributed by atoms with E-state index in [0.29, 0.717) is 26.9 Å². The molecule has 3 rings (SSSR count). The number of aliphatic hydroxyl groups is 1. The van der Waals surface area contributed by atoms with Crippen LogP contribution >= 0.6 is 31.9 Å². The molecule has 0 saturated carbocycles. The molecule has 2 N–H and O–H groups in total. The Hall–Kier alpha value is -2.36. The van der Waals surface area contributed by atoms with Gasteiger partial charge in [-0.25, -0.2) is 0 Å². The fourth-order valence-electron chi connectivity index (χ4n) is 2.57. The van der Waals surface area contributed by atoms with E-state index >= 15 is 0 Å². The van der Waals surface area contributed by atoms with E-state index in [1.165, 1.54) is 12.1 Å². The van der Waals surface area contributed by atoms with E-state index in [-0.39, 0.29) is 12.3 Å². The first-order chi connectivity index (χ1) is 13.0. The third-order valence-corrected chi connectivity index (χ3v) is 5.01. The van der Waals surface area contributed by atoms with E-state index in [2.05, 4.69) is 47.4 Å². The van der Waals surface area contributed by atoms with Gasteiger partial charge in [0, 0.05) is 35.1 Å². The van der Waals surface area contributed by atoms with Gasteiger partial charge in [-0.2, -0.15) is 0 Å². The number of halogens is 2. The highest BCUT2D eigenvalue weighted by molar-refractivity contribution is 9.11. The Morgan fingerprint density at radius 2 is 1.70 bits per heavy atom. The number of aliphatic hydroxyl groups excluding tert-OH is 1. The van der Waals surface area contributed by atoms with Crippen molar-refractivity contribution in [1.29, 1.82) is 0 Å². The van der Waals surface area contributed by atoms with Crippen molar-refractivity contribution >= 4 is 65.4 Å². The molecule has 0 unspecified atom stereocenters. The van der Waals surface area contributed by atoms with Crippen molar-refractivity contribution in [2.75, 3.05) is 18.5 Å². The lowest BCUT2D eigenvalue weighted by molar-refractivity contribution is -0.385. The van der Waals surface area contributed by atoms with Crippen LogP contribution < -0.4 is 5.32 Å². The number of azo groups is 1. The highest BCUT2D eigenvalue weighted by Gasteiger charge is 2.14. The third-order valence-electron chi connectivity index (χ3n) is 3.80. The van der Waals surface area contributed by atoms with Gasteiger partial charge in [0.2, 0.25) is 0 Å². The highest BCUT2D eigenvalue weighted by atomic mass is 79.9. The van der Waals surface area contributed by atoms with E-state index in [9.17, 15) is 10.1 Å². The normalized spacial score (nSPS) is 11.2. The molecule has 27 heavy (non-hydrogen) atoms. The van der Waals surface area contributed by atoms with E-state index in [0.717, 1.165) is 16.5 Å². The molecule has 3 aromatic carbocycles. The van der Waals surface area contributed by atoms with Gasteiger partial charge in [-0.15, -0.1) is 10.2 Å². The molecule has 0 fully saturated rings. The minimum Gasteiger partial charge on any atom is -0.395 e. The maximum absolute atomic E-state index is 10.9. The van der Waals surface area contributed by atoms with E-state index in [1.807, 2.05) is 36.4 Å². The van der Waals surface area contributed by atoms with Crippen molar-refractivity contribution in [2.45, 2.75) is 0 Å². The van der Waals surface area contributed by atoms with Crippen molar-refractivity contribution in [3.05, 3.63) is 67.6 Å². The number of fused-ring (bicyclic) bond motifs is 1. The molecule has 0 saturated heterocycles. The molecular formula is C18H14Br2N4O3. The van der Waals surface area contributed by atoms with E-state index in [1.54, 1.807) is 0 Å². The molecule has 7 nitrogen and oxygen atoms in total. The van der Waals surface area contributed by atoms with Crippen LogP contribution in [0.1, 0.15) is 0 Å². The number of nitrogens with zero attached hydrogens (tertiary/aromatic N) is 3. The minimum absolute atomic E-state index is 0.0397. The first-order valence-electron chi connectivity index (χ1n) is 7.93. The van der Waals surface area contributed by atoms with Crippen LogP contribution in [0.5, 0.6) is 0 Å². The second-order valence-electron chi connectivity index (χ2n) is 5.54. The van der Waals surface area contributed by atoms with Gasteiger partial charge < -0.3 is 10.4 Å². The Morgan fingerprint density at radius 1 is 1.04 bits per heavy atom. The lowest BCUT2D eigenvalue weighted by Gasteiger charge is -2.10. The van der Waals surface area contributed by atoms with Crippen molar-refractivity contribution in [3.63, 3.8) is 0 Å². The Kier molecular flexibility index (Phi) is 6.15. The molecule has 0 heterocycles. The molecule has 0 radical (unpaired) electrons. The van der Waals surface area contributed by atoms with Crippen LogP contribution in [-0.4, -0.2) is 23.2 Å². The summed E-state index contributed by atoms with van der Waals surface area (Å²) in [6, 6.07) is 14.2. The topological polar surface area (TPSA) is 100 Å². The van der Waals surface area contributed by atoms with Gasteiger partial charge in [-0.05, 0) is 44.0 Å². The zero-order chi connectivity index (χ0) is 19.4. The molecule has 0 aliphatic rings. The molecule has 0 aromatic heterocycles. The molecule has 0 atom stereocenters. The fraction of sp³-hybridized carbons (Fsp3) is 0.111. The second-order valence-corrected chi connectivity index (χ2v) is 7.25. The van der Waals surface area contributed by atoms with Gasteiger partial charge >= 0.3 is 0 Å². The van der Waals surface area contributed by atoms with Gasteiger partial charge in [0.15, 0.2) is 0 Å². The van der Waals surface area contributed by atoms with Crippen LogP contribution in [0.25, 0.3) is 10.8 Å². The summed E-state index contributed by atoms with van der Waals surface area (Å²) in [5, 5.41) is 33.6. The fourth-order valence-corrected chi connectivity index (χ4v) is 3.89. The largest absolute Gasteiger partial charge is 0.395 e. The molecule has 0 spiro atoms. The monoisotopic (exact) mass is 492 g/mol. The lowest BCUT2D eigenvalue weighted by Crippen LogP contribution is -2.05. The smallest absolute Gasteiger partial charge is 0.271 e. The van der Waals surface area contributed by atoms with E-state index in [4.69, 9.17) is 5.11 Å². The number of nitrogens with one attached hydrogen (secondary N) is 1. The molecular weight excluding hydrogens is 480 g/mol. The second kappa shape index (κ2) is 8.55. The zero-order valence-electron chi connectivity index (χ0n) is 13.9. The predicted molar refractivity (Wildman–Crippen MR) is 112 cm³/mol. The summed E-state index contributed by atoms with van der Waals surface area (Å²) in [6.07, 6.45) is 0. The number of hydrogen-bond donors (Lipinski definition) is 2. The Labute approximate surface area is 171 Å².